The summed E-state index contributed by atoms with van der Waals surface area (Å²) in [6.07, 6.45) is 0. The SMILES string of the molecule is CC1=C(C(=O)OCc2ccccc2)[C@@H](c2ccc3c(c2)OCO3)NC(=S)N1. The van der Waals surface area contributed by atoms with Crippen molar-refractivity contribution in [1.29, 1.82) is 0 Å². The van der Waals surface area contributed by atoms with Crippen LogP contribution in [0.3, 0.4) is 0 Å². The fourth-order valence-corrected chi connectivity index (χ4v) is 3.38. The van der Waals surface area contributed by atoms with Gasteiger partial charge in [0.05, 0.1) is 11.6 Å². The second kappa shape index (κ2) is 7.28. The summed E-state index contributed by atoms with van der Waals surface area (Å²) in [5.41, 5.74) is 2.92. The minimum Gasteiger partial charge on any atom is -0.457 e. The number of nitrogens with one attached hydrogen (secondary N) is 2. The molecule has 2 aromatic rings. The van der Waals surface area contributed by atoms with Crippen LogP contribution < -0.4 is 20.1 Å². The first-order valence-corrected chi connectivity index (χ1v) is 8.91. The summed E-state index contributed by atoms with van der Waals surface area (Å²) in [4.78, 5) is 12.8. The molecular weight excluding hydrogens is 364 g/mol. The van der Waals surface area contributed by atoms with Gasteiger partial charge in [0.1, 0.15) is 6.61 Å². The van der Waals surface area contributed by atoms with Crippen LogP contribution in [0, 0.1) is 0 Å². The van der Waals surface area contributed by atoms with Crippen LogP contribution in [0.15, 0.2) is 59.8 Å². The Morgan fingerprint density at radius 1 is 1.19 bits per heavy atom. The standard InChI is InChI=1S/C20H18N2O4S/c1-12-17(19(23)24-10-13-5-3-2-4-6-13)18(22-20(27)21-12)14-7-8-15-16(9-14)26-11-25-15/h2-9,18H,10-11H2,1H3,(H2,21,22,27)/t18-/m1/s1. The highest BCUT2D eigenvalue weighted by molar-refractivity contribution is 7.80. The first kappa shape index (κ1) is 17.4. The van der Waals surface area contributed by atoms with Crippen molar-refractivity contribution in [1.82, 2.24) is 10.6 Å². The number of hydrogen-bond acceptors (Lipinski definition) is 5. The molecule has 6 nitrogen and oxygen atoms in total. The van der Waals surface area contributed by atoms with Crippen LogP contribution in [0.25, 0.3) is 0 Å². The molecule has 0 amide bonds. The zero-order chi connectivity index (χ0) is 18.8. The molecule has 0 aliphatic carbocycles. The van der Waals surface area contributed by atoms with E-state index < -0.39 is 12.0 Å². The third kappa shape index (κ3) is 3.59. The van der Waals surface area contributed by atoms with Gasteiger partial charge in [0.2, 0.25) is 6.79 Å². The number of benzene rings is 2. The monoisotopic (exact) mass is 382 g/mol. The van der Waals surface area contributed by atoms with Crippen molar-refractivity contribution in [2.45, 2.75) is 19.6 Å². The molecule has 27 heavy (non-hydrogen) atoms. The van der Waals surface area contributed by atoms with Crippen LogP contribution >= 0.6 is 12.2 Å². The summed E-state index contributed by atoms with van der Waals surface area (Å²) >= 11 is 5.28. The van der Waals surface area contributed by atoms with E-state index in [4.69, 9.17) is 26.4 Å². The minimum atomic E-state index is -0.434. The number of fused-ring (bicyclic) bond motifs is 1. The van der Waals surface area contributed by atoms with E-state index in [0.29, 0.717) is 27.9 Å². The van der Waals surface area contributed by atoms with Crippen LogP contribution in [-0.4, -0.2) is 17.9 Å². The molecule has 7 heteroatoms. The molecule has 0 spiro atoms. The van der Waals surface area contributed by atoms with Crippen LogP contribution in [0.2, 0.25) is 0 Å². The Hall–Kier alpha value is -3.06. The van der Waals surface area contributed by atoms with Crippen LogP contribution in [-0.2, 0) is 16.1 Å². The van der Waals surface area contributed by atoms with E-state index in [-0.39, 0.29) is 13.4 Å². The van der Waals surface area contributed by atoms with E-state index in [9.17, 15) is 4.79 Å². The van der Waals surface area contributed by atoms with E-state index in [1.807, 2.05) is 55.5 Å². The maximum Gasteiger partial charge on any atom is 0.338 e. The summed E-state index contributed by atoms with van der Waals surface area (Å²) in [6.45, 7) is 2.21. The van der Waals surface area contributed by atoms with Gasteiger partial charge in [-0.2, -0.15) is 0 Å². The van der Waals surface area contributed by atoms with Gasteiger partial charge in [0.15, 0.2) is 16.6 Å². The number of carbonyl (C=O) groups excluding carboxylic acids is 1. The number of rotatable bonds is 4. The molecule has 0 unspecified atom stereocenters. The molecule has 0 bridgehead atoms. The summed E-state index contributed by atoms with van der Waals surface area (Å²) < 4.78 is 16.4. The zero-order valence-electron chi connectivity index (χ0n) is 14.7. The number of carbonyl (C=O) groups is 1. The Morgan fingerprint density at radius 2 is 1.96 bits per heavy atom. The van der Waals surface area contributed by atoms with Crippen LogP contribution in [0.1, 0.15) is 24.1 Å². The lowest BCUT2D eigenvalue weighted by molar-refractivity contribution is -0.140. The van der Waals surface area contributed by atoms with E-state index in [1.165, 1.54) is 0 Å². The number of esters is 1. The third-order valence-corrected chi connectivity index (χ3v) is 4.65. The summed E-state index contributed by atoms with van der Waals surface area (Å²) in [6, 6.07) is 14.7. The molecule has 4 rings (SSSR count). The van der Waals surface area contributed by atoms with Crippen molar-refractivity contribution in [2.75, 3.05) is 6.79 Å². The fraction of sp³-hybridized carbons (Fsp3) is 0.200. The smallest absolute Gasteiger partial charge is 0.338 e. The van der Waals surface area contributed by atoms with E-state index >= 15 is 0 Å². The first-order valence-electron chi connectivity index (χ1n) is 8.50. The minimum absolute atomic E-state index is 0.192. The van der Waals surface area contributed by atoms with Crippen molar-refractivity contribution in [3.05, 3.63) is 70.9 Å². The lowest BCUT2D eigenvalue weighted by Gasteiger charge is -2.30. The van der Waals surface area contributed by atoms with Crippen molar-refractivity contribution in [2.24, 2.45) is 0 Å². The largest absolute Gasteiger partial charge is 0.457 e. The molecule has 2 aliphatic heterocycles. The van der Waals surface area contributed by atoms with E-state index in [2.05, 4.69) is 10.6 Å². The Bertz CT molecular complexity index is 927. The fourth-order valence-electron chi connectivity index (χ4n) is 3.11. The maximum absolute atomic E-state index is 12.8. The lowest BCUT2D eigenvalue weighted by Crippen LogP contribution is -2.45. The van der Waals surface area contributed by atoms with Crippen molar-refractivity contribution < 1.29 is 19.0 Å². The molecule has 2 aliphatic rings. The average molecular weight is 382 g/mol. The average Bonchev–Trinajstić information content (AvgIpc) is 3.14. The number of allylic oxidation sites excluding steroid dienone is 1. The molecule has 138 valence electrons. The van der Waals surface area contributed by atoms with E-state index in [1.54, 1.807) is 0 Å². The Morgan fingerprint density at radius 3 is 2.78 bits per heavy atom. The van der Waals surface area contributed by atoms with Gasteiger partial charge in [0.25, 0.3) is 0 Å². The predicted octanol–water partition coefficient (Wildman–Crippen LogP) is 2.95. The first-order chi connectivity index (χ1) is 13.1. The van der Waals surface area contributed by atoms with Gasteiger partial charge in [-0.25, -0.2) is 4.79 Å². The highest BCUT2D eigenvalue weighted by atomic mass is 32.1. The highest BCUT2D eigenvalue weighted by Gasteiger charge is 2.32. The molecule has 0 aromatic heterocycles. The molecule has 0 fully saturated rings. The highest BCUT2D eigenvalue weighted by Crippen LogP contribution is 2.37. The summed E-state index contributed by atoms with van der Waals surface area (Å²) in [7, 11) is 0. The second-order valence-corrected chi connectivity index (χ2v) is 6.65. The third-order valence-electron chi connectivity index (χ3n) is 4.43. The van der Waals surface area contributed by atoms with Gasteiger partial charge in [0, 0.05) is 5.70 Å². The van der Waals surface area contributed by atoms with Gasteiger partial charge in [-0.05, 0) is 42.4 Å². The maximum atomic E-state index is 12.8. The van der Waals surface area contributed by atoms with Crippen LogP contribution in [0.5, 0.6) is 11.5 Å². The predicted molar refractivity (Wildman–Crippen MR) is 103 cm³/mol. The molecule has 0 radical (unpaired) electrons. The van der Waals surface area contributed by atoms with Gasteiger partial charge in [-0.15, -0.1) is 0 Å². The van der Waals surface area contributed by atoms with Crippen molar-refractivity contribution in [3.63, 3.8) is 0 Å². The van der Waals surface area contributed by atoms with Crippen LogP contribution in [0.4, 0.5) is 0 Å². The quantitative estimate of drug-likeness (QED) is 0.622. The van der Waals surface area contributed by atoms with E-state index in [0.717, 1.165) is 11.1 Å². The molecular formula is C20H18N2O4S. The topological polar surface area (TPSA) is 68.8 Å². The lowest BCUT2D eigenvalue weighted by atomic mass is 9.95. The second-order valence-electron chi connectivity index (χ2n) is 6.24. The Balaban J connectivity index is 1.60. The number of ether oxygens (including phenoxy) is 3. The molecule has 0 saturated carbocycles. The number of hydrogen-bond donors (Lipinski definition) is 2. The molecule has 2 aromatic carbocycles. The zero-order valence-corrected chi connectivity index (χ0v) is 15.5. The molecule has 1 atom stereocenters. The van der Waals surface area contributed by atoms with Crippen molar-refractivity contribution >= 4 is 23.3 Å². The molecule has 2 heterocycles. The molecule has 2 N–H and O–H groups in total. The summed E-state index contributed by atoms with van der Waals surface area (Å²) in [5.74, 6) is 0.930. The Kier molecular flexibility index (Phi) is 4.68. The van der Waals surface area contributed by atoms with Gasteiger partial charge < -0.3 is 24.8 Å². The van der Waals surface area contributed by atoms with Gasteiger partial charge in [-0.1, -0.05) is 36.4 Å². The van der Waals surface area contributed by atoms with Crippen molar-refractivity contribution in [3.8, 4) is 11.5 Å². The number of thiocarbonyl (C=S) groups is 1. The summed E-state index contributed by atoms with van der Waals surface area (Å²) in [5, 5.41) is 6.61. The normalized spacial score (nSPS) is 18.0. The van der Waals surface area contributed by atoms with Gasteiger partial charge >= 0.3 is 5.97 Å². The Labute approximate surface area is 162 Å². The van der Waals surface area contributed by atoms with Gasteiger partial charge in [-0.3, -0.25) is 0 Å². The molecule has 0 saturated heterocycles.